The van der Waals surface area contributed by atoms with Crippen molar-refractivity contribution in [3.8, 4) is 0 Å². The molecule has 0 saturated carbocycles. The highest BCUT2D eigenvalue weighted by molar-refractivity contribution is 5.99. The van der Waals surface area contributed by atoms with Crippen molar-refractivity contribution in [3.63, 3.8) is 0 Å². The van der Waals surface area contributed by atoms with Crippen LogP contribution >= 0.6 is 0 Å². The summed E-state index contributed by atoms with van der Waals surface area (Å²) in [4.78, 5) is 12.2. The van der Waals surface area contributed by atoms with Crippen molar-refractivity contribution < 1.29 is 4.79 Å². The molecule has 18 heavy (non-hydrogen) atoms. The van der Waals surface area contributed by atoms with Gasteiger partial charge in [0.1, 0.15) is 0 Å². The van der Waals surface area contributed by atoms with Crippen molar-refractivity contribution >= 4 is 11.6 Å². The molecular formula is C15H24N2O. The third-order valence-electron chi connectivity index (χ3n) is 2.89. The van der Waals surface area contributed by atoms with E-state index >= 15 is 0 Å². The van der Waals surface area contributed by atoms with Crippen LogP contribution in [0.3, 0.4) is 0 Å². The number of hydrogen-bond donors (Lipinski definition) is 2. The molecule has 3 heteroatoms. The number of carbonyl (C=O) groups excluding carboxylic acids is 1. The fourth-order valence-electron chi connectivity index (χ4n) is 2.00. The molecule has 0 aliphatic heterocycles. The van der Waals surface area contributed by atoms with E-state index in [1.807, 2.05) is 39.0 Å². The predicted octanol–water partition coefficient (Wildman–Crippen LogP) is 3.35. The summed E-state index contributed by atoms with van der Waals surface area (Å²) in [5, 5.41) is 6.28. The monoisotopic (exact) mass is 248 g/mol. The van der Waals surface area contributed by atoms with E-state index in [2.05, 4.69) is 17.6 Å². The van der Waals surface area contributed by atoms with Crippen LogP contribution in [0.2, 0.25) is 0 Å². The van der Waals surface area contributed by atoms with E-state index in [9.17, 15) is 4.79 Å². The summed E-state index contributed by atoms with van der Waals surface area (Å²) in [7, 11) is 0. The Morgan fingerprint density at radius 1 is 1.33 bits per heavy atom. The Hall–Kier alpha value is -1.51. The summed E-state index contributed by atoms with van der Waals surface area (Å²) in [6.07, 6.45) is 2.09. The number of hydrogen-bond acceptors (Lipinski definition) is 2. The molecule has 0 aliphatic carbocycles. The first-order chi connectivity index (χ1) is 8.58. The van der Waals surface area contributed by atoms with Crippen molar-refractivity contribution in [1.82, 2.24) is 5.32 Å². The minimum Gasteiger partial charge on any atom is -0.385 e. The smallest absolute Gasteiger partial charge is 0.253 e. The summed E-state index contributed by atoms with van der Waals surface area (Å²) in [6.45, 7) is 9.04. The van der Waals surface area contributed by atoms with Gasteiger partial charge >= 0.3 is 0 Å². The maximum atomic E-state index is 12.2. The van der Waals surface area contributed by atoms with Crippen LogP contribution in [0, 0.1) is 6.92 Å². The van der Waals surface area contributed by atoms with E-state index in [4.69, 9.17) is 0 Å². The molecule has 3 nitrogen and oxygen atoms in total. The van der Waals surface area contributed by atoms with Crippen LogP contribution < -0.4 is 10.6 Å². The zero-order chi connectivity index (χ0) is 13.5. The van der Waals surface area contributed by atoms with E-state index in [-0.39, 0.29) is 11.9 Å². The molecule has 100 valence electrons. The van der Waals surface area contributed by atoms with Gasteiger partial charge in [0, 0.05) is 18.3 Å². The molecule has 1 aromatic carbocycles. The van der Waals surface area contributed by atoms with Crippen molar-refractivity contribution in [2.24, 2.45) is 0 Å². The number of carbonyl (C=O) groups is 1. The first-order valence-corrected chi connectivity index (χ1v) is 6.73. The number of anilines is 1. The van der Waals surface area contributed by atoms with Crippen molar-refractivity contribution in [1.29, 1.82) is 0 Å². The van der Waals surface area contributed by atoms with Gasteiger partial charge in [-0.3, -0.25) is 4.79 Å². The molecule has 2 N–H and O–H groups in total. The lowest BCUT2D eigenvalue weighted by molar-refractivity contribution is 0.0939. The molecule has 0 aliphatic rings. The number of aryl methyl sites for hydroxylation is 1. The Labute approximate surface area is 110 Å². The minimum atomic E-state index is 0.00639. The van der Waals surface area contributed by atoms with Gasteiger partial charge in [0.05, 0.1) is 5.56 Å². The highest BCUT2D eigenvalue weighted by Crippen LogP contribution is 2.17. The highest BCUT2D eigenvalue weighted by Gasteiger charge is 2.13. The summed E-state index contributed by atoms with van der Waals surface area (Å²) in [5.41, 5.74) is 2.80. The summed E-state index contributed by atoms with van der Waals surface area (Å²) >= 11 is 0. The Bertz CT molecular complexity index is 401. The summed E-state index contributed by atoms with van der Waals surface area (Å²) in [6, 6.07) is 6.10. The lowest BCUT2D eigenvalue weighted by atomic mass is 10.1. The largest absolute Gasteiger partial charge is 0.385 e. The van der Waals surface area contributed by atoms with Crippen LogP contribution in [-0.4, -0.2) is 18.5 Å². The Balaban J connectivity index is 2.84. The molecule has 0 heterocycles. The standard InChI is InChI=1S/C15H24N2O/c1-5-7-12(4)17-15(18)13-9-8-11(3)10-14(13)16-6-2/h8-10,12,16H,5-7H2,1-4H3,(H,17,18). The number of amides is 1. The third kappa shape index (κ3) is 4.06. The molecule has 1 unspecified atom stereocenters. The van der Waals surface area contributed by atoms with Gasteiger partial charge in [0.2, 0.25) is 0 Å². The molecule has 0 saturated heterocycles. The number of benzene rings is 1. The van der Waals surface area contributed by atoms with E-state index in [0.29, 0.717) is 0 Å². The molecule has 0 aromatic heterocycles. The highest BCUT2D eigenvalue weighted by atomic mass is 16.1. The Kier molecular flexibility index (Phi) is 5.69. The minimum absolute atomic E-state index is 0.00639. The van der Waals surface area contributed by atoms with Crippen LogP contribution in [0.25, 0.3) is 0 Å². The lowest BCUT2D eigenvalue weighted by Crippen LogP contribution is -2.32. The fourth-order valence-corrected chi connectivity index (χ4v) is 2.00. The first-order valence-electron chi connectivity index (χ1n) is 6.73. The average molecular weight is 248 g/mol. The van der Waals surface area contributed by atoms with Gasteiger partial charge < -0.3 is 10.6 Å². The van der Waals surface area contributed by atoms with E-state index in [1.54, 1.807) is 0 Å². The van der Waals surface area contributed by atoms with Gasteiger partial charge in [-0.1, -0.05) is 19.4 Å². The molecule has 1 atom stereocenters. The quantitative estimate of drug-likeness (QED) is 0.810. The molecule has 1 aromatic rings. The zero-order valence-electron chi connectivity index (χ0n) is 11.8. The molecule has 0 spiro atoms. The number of rotatable bonds is 6. The molecule has 1 amide bonds. The van der Waals surface area contributed by atoms with E-state index < -0.39 is 0 Å². The number of nitrogens with one attached hydrogen (secondary N) is 2. The molecule has 0 radical (unpaired) electrons. The van der Waals surface area contributed by atoms with Gasteiger partial charge in [-0.15, -0.1) is 0 Å². The maximum Gasteiger partial charge on any atom is 0.253 e. The van der Waals surface area contributed by atoms with Crippen molar-refractivity contribution in [3.05, 3.63) is 29.3 Å². The fraction of sp³-hybridized carbons (Fsp3) is 0.533. The van der Waals surface area contributed by atoms with E-state index in [0.717, 1.165) is 36.2 Å². The molecule has 0 bridgehead atoms. The van der Waals surface area contributed by atoms with Gasteiger partial charge in [-0.2, -0.15) is 0 Å². The van der Waals surface area contributed by atoms with Gasteiger partial charge in [-0.05, 0) is 44.9 Å². The Morgan fingerprint density at radius 3 is 2.67 bits per heavy atom. The van der Waals surface area contributed by atoms with Crippen molar-refractivity contribution in [2.75, 3.05) is 11.9 Å². The molecule has 1 rings (SSSR count). The topological polar surface area (TPSA) is 41.1 Å². The van der Waals surface area contributed by atoms with Crippen LogP contribution in [0.4, 0.5) is 5.69 Å². The van der Waals surface area contributed by atoms with Crippen LogP contribution in [0.5, 0.6) is 0 Å². The molecular weight excluding hydrogens is 224 g/mol. The second kappa shape index (κ2) is 7.04. The van der Waals surface area contributed by atoms with Crippen LogP contribution in [0.15, 0.2) is 18.2 Å². The van der Waals surface area contributed by atoms with Crippen molar-refractivity contribution in [2.45, 2.75) is 46.6 Å². The third-order valence-corrected chi connectivity index (χ3v) is 2.89. The molecule has 0 fully saturated rings. The maximum absolute atomic E-state index is 12.2. The summed E-state index contributed by atoms with van der Waals surface area (Å²) < 4.78 is 0. The van der Waals surface area contributed by atoms with Gasteiger partial charge in [0.25, 0.3) is 5.91 Å². The van der Waals surface area contributed by atoms with Crippen LogP contribution in [0.1, 0.15) is 49.5 Å². The van der Waals surface area contributed by atoms with Gasteiger partial charge in [-0.25, -0.2) is 0 Å². The zero-order valence-corrected chi connectivity index (χ0v) is 11.8. The second-order valence-electron chi connectivity index (χ2n) is 4.74. The lowest BCUT2D eigenvalue weighted by Gasteiger charge is -2.16. The summed E-state index contributed by atoms with van der Waals surface area (Å²) in [5.74, 6) is 0.00639. The van der Waals surface area contributed by atoms with E-state index in [1.165, 1.54) is 0 Å². The SMILES string of the molecule is CCCC(C)NC(=O)c1ccc(C)cc1NCC. The second-order valence-corrected chi connectivity index (χ2v) is 4.74. The Morgan fingerprint density at radius 2 is 2.06 bits per heavy atom. The average Bonchev–Trinajstić information content (AvgIpc) is 2.29. The van der Waals surface area contributed by atoms with Crippen LogP contribution in [-0.2, 0) is 0 Å². The normalized spacial score (nSPS) is 12.0. The predicted molar refractivity (Wildman–Crippen MR) is 77.2 cm³/mol. The first kappa shape index (κ1) is 14.6. The van der Waals surface area contributed by atoms with Gasteiger partial charge in [0.15, 0.2) is 0 Å².